The maximum absolute atomic E-state index is 8.60. The van der Waals surface area contributed by atoms with Gasteiger partial charge >= 0.3 is 0 Å². The molecule has 1 unspecified atom stereocenters. The van der Waals surface area contributed by atoms with E-state index in [4.69, 9.17) is 5.26 Å². The van der Waals surface area contributed by atoms with Crippen molar-refractivity contribution in [2.75, 3.05) is 0 Å². The molecule has 0 amide bonds. The van der Waals surface area contributed by atoms with Crippen LogP contribution >= 0.6 is 0 Å². The normalized spacial score (nSPS) is 12.5. The van der Waals surface area contributed by atoms with E-state index in [0.29, 0.717) is 6.42 Å². The summed E-state index contributed by atoms with van der Waals surface area (Å²) in [5.41, 5.74) is 1.95. The van der Waals surface area contributed by atoms with Gasteiger partial charge in [-0.1, -0.05) is 36.9 Å². The molecule has 0 aliphatic heterocycles. The Kier molecular flexibility index (Phi) is 3.68. The van der Waals surface area contributed by atoms with Crippen LogP contribution in [0.5, 0.6) is 0 Å². The summed E-state index contributed by atoms with van der Waals surface area (Å²) < 4.78 is 0. The van der Waals surface area contributed by atoms with Crippen LogP contribution in [0.4, 0.5) is 0 Å². The molecule has 1 aromatic rings. The van der Waals surface area contributed by atoms with Crippen LogP contribution in [0.3, 0.4) is 0 Å². The van der Waals surface area contributed by atoms with E-state index >= 15 is 0 Å². The monoisotopic (exact) mass is 178 g/mol. The zero-order valence-electron chi connectivity index (χ0n) is 7.73. The van der Waals surface area contributed by atoms with Crippen LogP contribution in [-0.4, -0.2) is 11.4 Å². The van der Waals surface area contributed by atoms with Gasteiger partial charge in [0.1, 0.15) is 6.10 Å². The van der Waals surface area contributed by atoms with E-state index < -0.39 is 0 Å². The molecule has 0 fully saturated rings. The Morgan fingerprint density at radius 3 is 2.54 bits per heavy atom. The van der Waals surface area contributed by atoms with E-state index in [1.807, 2.05) is 37.3 Å². The highest BCUT2D eigenvalue weighted by molar-refractivity contribution is 5.17. The molecular formula is C11H14O2. The number of rotatable bonds is 4. The molecule has 0 aromatic heterocycles. The van der Waals surface area contributed by atoms with Gasteiger partial charge in [0.15, 0.2) is 0 Å². The predicted octanol–water partition coefficient (Wildman–Crippen LogP) is 2.66. The first-order valence-electron chi connectivity index (χ1n) is 4.23. The van der Waals surface area contributed by atoms with E-state index in [0.717, 1.165) is 11.1 Å². The molecule has 0 saturated carbocycles. The second kappa shape index (κ2) is 4.80. The molecule has 13 heavy (non-hydrogen) atoms. The summed E-state index contributed by atoms with van der Waals surface area (Å²) in [6, 6.07) is 9.87. The lowest BCUT2D eigenvalue weighted by Gasteiger charge is -2.12. The summed E-state index contributed by atoms with van der Waals surface area (Å²) in [5.74, 6) is 0. The Hall–Kier alpha value is -1.12. The summed E-state index contributed by atoms with van der Waals surface area (Å²) in [7, 11) is 0. The fraction of sp³-hybridized carbons (Fsp3) is 0.273. The molecule has 0 bridgehead atoms. The summed E-state index contributed by atoms with van der Waals surface area (Å²) in [5, 5.41) is 8.60. The zero-order chi connectivity index (χ0) is 9.68. The molecule has 0 saturated heterocycles. The summed E-state index contributed by atoms with van der Waals surface area (Å²) in [6.07, 6.45) is 0.356. The maximum Gasteiger partial charge on any atom is 0.117 e. The first-order chi connectivity index (χ1) is 6.24. The third-order valence-electron chi connectivity index (χ3n) is 1.94. The lowest BCUT2D eigenvalue weighted by atomic mass is 10.0. The molecule has 0 aliphatic rings. The molecular weight excluding hydrogens is 164 g/mol. The molecule has 0 aliphatic carbocycles. The number of hydrogen-bond acceptors (Lipinski definition) is 2. The van der Waals surface area contributed by atoms with E-state index in [2.05, 4.69) is 11.5 Å². The van der Waals surface area contributed by atoms with Gasteiger partial charge in [-0.25, -0.2) is 4.89 Å². The Morgan fingerprint density at radius 1 is 1.46 bits per heavy atom. The van der Waals surface area contributed by atoms with Gasteiger partial charge in [0.05, 0.1) is 0 Å². The highest BCUT2D eigenvalue weighted by atomic mass is 17.1. The SMILES string of the molecule is C=C(C)C(Cc1ccccc1)OO. The van der Waals surface area contributed by atoms with E-state index in [1.54, 1.807) is 0 Å². The van der Waals surface area contributed by atoms with Crippen molar-refractivity contribution in [3.8, 4) is 0 Å². The Labute approximate surface area is 78.4 Å². The van der Waals surface area contributed by atoms with Crippen LogP contribution in [-0.2, 0) is 11.3 Å². The Balaban J connectivity index is 2.62. The fourth-order valence-electron chi connectivity index (χ4n) is 1.13. The highest BCUT2D eigenvalue weighted by Gasteiger charge is 2.09. The molecule has 2 nitrogen and oxygen atoms in total. The van der Waals surface area contributed by atoms with Crippen molar-refractivity contribution in [3.63, 3.8) is 0 Å². The molecule has 0 heterocycles. The molecule has 0 radical (unpaired) electrons. The van der Waals surface area contributed by atoms with Crippen molar-refractivity contribution < 1.29 is 10.1 Å². The van der Waals surface area contributed by atoms with Crippen LogP contribution in [0.15, 0.2) is 42.5 Å². The highest BCUT2D eigenvalue weighted by Crippen LogP contribution is 2.10. The Morgan fingerprint density at radius 2 is 2.08 bits per heavy atom. The van der Waals surface area contributed by atoms with Crippen molar-refractivity contribution in [3.05, 3.63) is 48.0 Å². The zero-order valence-corrected chi connectivity index (χ0v) is 7.73. The van der Waals surface area contributed by atoms with Gasteiger partial charge in [0.25, 0.3) is 0 Å². The first-order valence-corrected chi connectivity index (χ1v) is 4.23. The predicted molar refractivity (Wildman–Crippen MR) is 52.5 cm³/mol. The van der Waals surface area contributed by atoms with Crippen molar-refractivity contribution >= 4 is 0 Å². The molecule has 70 valence electrons. The van der Waals surface area contributed by atoms with Gasteiger partial charge in [-0.2, -0.15) is 0 Å². The van der Waals surface area contributed by atoms with Crippen molar-refractivity contribution in [2.45, 2.75) is 19.4 Å². The van der Waals surface area contributed by atoms with Gasteiger partial charge < -0.3 is 0 Å². The number of benzene rings is 1. The molecule has 1 aromatic carbocycles. The van der Waals surface area contributed by atoms with Gasteiger partial charge in [-0.05, 0) is 18.1 Å². The summed E-state index contributed by atoms with van der Waals surface area (Å²) >= 11 is 0. The second-order valence-electron chi connectivity index (χ2n) is 3.13. The molecule has 1 rings (SSSR count). The van der Waals surface area contributed by atoms with Crippen LogP contribution in [0.2, 0.25) is 0 Å². The third kappa shape index (κ3) is 3.01. The van der Waals surface area contributed by atoms with Crippen molar-refractivity contribution in [2.24, 2.45) is 0 Å². The lowest BCUT2D eigenvalue weighted by molar-refractivity contribution is -0.267. The van der Waals surface area contributed by atoms with Gasteiger partial charge in [0.2, 0.25) is 0 Å². The topological polar surface area (TPSA) is 29.5 Å². The molecule has 1 N–H and O–H groups in total. The molecule has 1 atom stereocenters. The van der Waals surface area contributed by atoms with Crippen LogP contribution in [0.25, 0.3) is 0 Å². The molecule has 2 heteroatoms. The van der Waals surface area contributed by atoms with Crippen molar-refractivity contribution in [1.29, 1.82) is 0 Å². The third-order valence-corrected chi connectivity index (χ3v) is 1.94. The van der Waals surface area contributed by atoms with Gasteiger partial charge in [0, 0.05) is 6.42 Å². The Bertz CT molecular complexity index is 267. The standard InChI is InChI=1S/C11H14O2/c1-9(2)11(13-12)8-10-6-4-3-5-7-10/h3-7,11-12H,1,8H2,2H3. The van der Waals surface area contributed by atoms with Gasteiger partial charge in [-0.15, -0.1) is 0 Å². The lowest BCUT2D eigenvalue weighted by Crippen LogP contribution is -2.14. The fourth-order valence-corrected chi connectivity index (χ4v) is 1.13. The minimum absolute atomic E-state index is 0.303. The van der Waals surface area contributed by atoms with Crippen LogP contribution in [0.1, 0.15) is 12.5 Å². The first kappa shape index (κ1) is 9.96. The number of hydrogen-bond donors (Lipinski definition) is 1. The quantitative estimate of drug-likeness (QED) is 0.436. The minimum atomic E-state index is -0.303. The van der Waals surface area contributed by atoms with E-state index in [-0.39, 0.29) is 6.10 Å². The van der Waals surface area contributed by atoms with Crippen LogP contribution < -0.4 is 0 Å². The van der Waals surface area contributed by atoms with E-state index in [1.165, 1.54) is 0 Å². The average Bonchev–Trinajstić information content (AvgIpc) is 2.15. The van der Waals surface area contributed by atoms with Crippen molar-refractivity contribution in [1.82, 2.24) is 0 Å². The van der Waals surface area contributed by atoms with E-state index in [9.17, 15) is 0 Å². The molecule has 0 spiro atoms. The summed E-state index contributed by atoms with van der Waals surface area (Å²) in [6.45, 7) is 5.57. The maximum atomic E-state index is 8.60. The van der Waals surface area contributed by atoms with Crippen LogP contribution in [0, 0.1) is 0 Å². The minimum Gasteiger partial charge on any atom is -0.251 e. The smallest absolute Gasteiger partial charge is 0.117 e. The summed E-state index contributed by atoms with van der Waals surface area (Å²) in [4.78, 5) is 4.32. The second-order valence-corrected chi connectivity index (χ2v) is 3.13. The largest absolute Gasteiger partial charge is 0.251 e. The van der Waals surface area contributed by atoms with Gasteiger partial charge in [-0.3, -0.25) is 5.26 Å². The average molecular weight is 178 g/mol.